The molecule has 0 aromatic heterocycles. The minimum absolute atomic E-state index is 0.501. The summed E-state index contributed by atoms with van der Waals surface area (Å²) in [5, 5.41) is 3.52. The highest BCUT2D eigenvalue weighted by molar-refractivity contribution is 5.43. The van der Waals surface area contributed by atoms with E-state index in [1.165, 1.54) is 0 Å². The lowest BCUT2D eigenvalue weighted by molar-refractivity contribution is 0.306. The molecule has 0 amide bonds. The number of rotatable bonds is 4. The van der Waals surface area contributed by atoms with Crippen LogP contribution in [0.4, 0.5) is 5.69 Å². The van der Waals surface area contributed by atoms with Crippen LogP contribution in [0, 0.1) is 0 Å². The van der Waals surface area contributed by atoms with Crippen LogP contribution in [0.25, 0.3) is 10.4 Å². The molecule has 84 valence electrons. The zero-order valence-corrected chi connectivity index (χ0v) is 9.15. The molecule has 4 nitrogen and oxygen atoms in total. The molecule has 0 unspecified atom stereocenters. The van der Waals surface area contributed by atoms with Gasteiger partial charge in [0.25, 0.3) is 0 Å². The molecule has 4 heteroatoms. The third-order valence-corrected chi connectivity index (χ3v) is 2.23. The first-order chi connectivity index (χ1) is 8.38. The first kappa shape index (κ1) is 11.0. The maximum Gasteiger partial charge on any atom is 0.120 e. The van der Waals surface area contributed by atoms with Gasteiger partial charge < -0.3 is 4.74 Å². The monoisotopic (exact) mass is 225 g/mol. The van der Waals surface area contributed by atoms with Crippen molar-refractivity contribution in [3.8, 4) is 5.75 Å². The zero-order chi connectivity index (χ0) is 11.9. The van der Waals surface area contributed by atoms with Gasteiger partial charge in [0.2, 0.25) is 0 Å². The highest BCUT2D eigenvalue weighted by Gasteiger charge is 1.96. The van der Waals surface area contributed by atoms with Crippen LogP contribution >= 0.6 is 0 Å². The summed E-state index contributed by atoms with van der Waals surface area (Å²) in [7, 11) is 0. The predicted molar refractivity (Wildman–Crippen MR) is 66.0 cm³/mol. The van der Waals surface area contributed by atoms with Gasteiger partial charge in [0, 0.05) is 10.6 Å². The fourth-order valence-corrected chi connectivity index (χ4v) is 1.43. The SMILES string of the molecule is [N-]=[N+]=Nc1cccc(OCc2ccccc2)c1. The van der Waals surface area contributed by atoms with E-state index in [1.807, 2.05) is 36.4 Å². The van der Waals surface area contributed by atoms with Crippen molar-refractivity contribution in [1.82, 2.24) is 0 Å². The van der Waals surface area contributed by atoms with Crippen LogP contribution in [-0.4, -0.2) is 0 Å². The molecule has 0 heterocycles. The normalized spacial score (nSPS) is 9.41. The number of ether oxygens (including phenoxy) is 1. The van der Waals surface area contributed by atoms with Gasteiger partial charge in [-0.3, -0.25) is 0 Å². The molecule has 0 saturated heterocycles. The maximum absolute atomic E-state index is 8.34. The molecule has 17 heavy (non-hydrogen) atoms. The zero-order valence-electron chi connectivity index (χ0n) is 9.15. The van der Waals surface area contributed by atoms with Gasteiger partial charge in [0.1, 0.15) is 12.4 Å². The molecule has 0 bridgehead atoms. The predicted octanol–water partition coefficient (Wildman–Crippen LogP) is 4.21. The van der Waals surface area contributed by atoms with Gasteiger partial charge in [0.05, 0.1) is 0 Å². The standard InChI is InChI=1S/C13H11N3O/c14-16-15-12-7-4-8-13(9-12)17-10-11-5-2-1-3-6-11/h1-9H,10H2. The van der Waals surface area contributed by atoms with Crippen molar-refractivity contribution in [1.29, 1.82) is 0 Å². The summed E-state index contributed by atoms with van der Waals surface area (Å²) in [6, 6.07) is 17.0. The Morgan fingerprint density at radius 2 is 1.88 bits per heavy atom. The molecule has 0 saturated carbocycles. The molecule has 0 N–H and O–H groups in total. The van der Waals surface area contributed by atoms with Crippen LogP contribution < -0.4 is 4.74 Å². The minimum atomic E-state index is 0.501. The average molecular weight is 225 g/mol. The van der Waals surface area contributed by atoms with E-state index in [0.717, 1.165) is 5.56 Å². The van der Waals surface area contributed by atoms with E-state index < -0.39 is 0 Å². The molecular weight excluding hydrogens is 214 g/mol. The van der Waals surface area contributed by atoms with E-state index in [2.05, 4.69) is 10.0 Å². The number of nitrogens with zero attached hydrogens (tertiary/aromatic N) is 3. The molecule has 0 spiro atoms. The van der Waals surface area contributed by atoms with E-state index >= 15 is 0 Å². The third-order valence-electron chi connectivity index (χ3n) is 2.23. The molecule has 2 aromatic carbocycles. The summed E-state index contributed by atoms with van der Waals surface area (Å²) >= 11 is 0. The minimum Gasteiger partial charge on any atom is -0.489 e. The van der Waals surface area contributed by atoms with Crippen molar-refractivity contribution in [2.24, 2.45) is 5.11 Å². The second kappa shape index (κ2) is 5.58. The molecule has 0 aliphatic carbocycles. The van der Waals surface area contributed by atoms with Crippen molar-refractivity contribution in [2.75, 3.05) is 0 Å². The molecular formula is C13H11N3O. The van der Waals surface area contributed by atoms with E-state index in [4.69, 9.17) is 10.3 Å². The van der Waals surface area contributed by atoms with Crippen LogP contribution in [0.1, 0.15) is 5.56 Å². The van der Waals surface area contributed by atoms with Crippen LogP contribution in [0.15, 0.2) is 59.7 Å². The average Bonchev–Trinajstić information content (AvgIpc) is 2.39. The van der Waals surface area contributed by atoms with Crippen LogP contribution in [0.5, 0.6) is 5.75 Å². The molecule has 2 rings (SSSR count). The Morgan fingerprint density at radius 1 is 1.06 bits per heavy atom. The first-order valence-corrected chi connectivity index (χ1v) is 5.20. The van der Waals surface area contributed by atoms with Gasteiger partial charge in [-0.25, -0.2) is 0 Å². The summed E-state index contributed by atoms with van der Waals surface area (Å²) in [4.78, 5) is 2.73. The van der Waals surface area contributed by atoms with Gasteiger partial charge in [0.15, 0.2) is 0 Å². The lowest BCUT2D eigenvalue weighted by atomic mass is 10.2. The molecule has 0 atom stereocenters. The van der Waals surface area contributed by atoms with Gasteiger partial charge in [-0.15, -0.1) is 0 Å². The Morgan fingerprint density at radius 3 is 2.65 bits per heavy atom. The topological polar surface area (TPSA) is 58.0 Å². The second-order valence-electron chi connectivity index (χ2n) is 3.46. The number of hydrogen-bond acceptors (Lipinski definition) is 2. The molecule has 0 aliphatic rings. The maximum atomic E-state index is 8.34. The second-order valence-corrected chi connectivity index (χ2v) is 3.46. The first-order valence-electron chi connectivity index (χ1n) is 5.20. The van der Waals surface area contributed by atoms with Gasteiger partial charge >= 0.3 is 0 Å². The van der Waals surface area contributed by atoms with E-state index in [1.54, 1.807) is 18.2 Å². The van der Waals surface area contributed by atoms with Crippen LogP contribution in [-0.2, 0) is 6.61 Å². The Hall–Kier alpha value is -2.45. The highest BCUT2D eigenvalue weighted by Crippen LogP contribution is 2.20. The highest BCUT2D eigenvalue weighted by atomic mass is 16.5. The van der Waals surface area contributed by atoms with Crippen molar-refractivity contribution in [2.45, 2.75) is 6.61 Å². The van der Waals surface area contributed by atoms with Crippen molar-refractivity contribution < 1.29 is 4.74 Å². The van der Waals surface area contributed by atoms with E-state index in [-0.39, 0.29) is 0 Å². The van der Waals surface area contributed by atoms with Gasteiger partial charge in [-0.1, -0.05) is 47.6 Å². The number of hydrogen-bond donors (Lipinski definition) is 0. The smallest absolute Gasteiger partial charge is 0.120 e. The lowest BCUT2D eigenvalue weighted by Crippen LogP contribution is -1.94. The van der Waals surface area contributed by atoms with Gasteiger partial charge in [-0.05, 0) is 23.2 Å². The molecule has 0 fully saturated rings. The van der Waals surface area contributed by atoms with Crippen molar-refractivity contribution in [3.05, 3.63) is 70.6 Å². The fourth-order valence-electron chi connectivity index (χ4n) is 1.43. The lowest BCUT2D eigenvalue weighted by Gasteiger charge is -2.06. The summed E-state index contributed by atoms with van der Waals surface area (Å²) in [6.07, 6.45) is 0. The Balaban J connectivity index is 2.04. The van der Waals surface area contributed by atoms with Crippen molar-refractivity contribution in [3.63, 3.8) is 0 Å². The van der Waals surface area contributed by atoms with Crippen molar-refractivity contribution >= 4 is 5.69 Å². The number of benzene rings is 2. The number of azide groups is 1. The van der Waals surface area contributed by atoms with Crippen LogP contribution in [0.3, 0.4) is 0 Å². The summed E-state index contributed by atoms with van der Waals surface area (Å²) in [5.74, 6) is 0.693. The molecule has 2 aromatic rings. The largest absolute Gasteiger partial charge is 0.489 e. The fraction of sp³-hybridized carbons (Fsp3) is 0.0769. The molecule has 0 radical (unpaired) electrons. The Labute approximate surface area is 99.1 Å². The van der Waals surface area contributed by atoms with E-state index in [9.17, 15) is 0 Å². The van der Waals surface area contributed by atoms with Gasteiger partial charge in [-0.2, -0.15) is 0 Å². The third kappa shape index (κ3) is 3.26. The quantitative estimate of drug-likeness (QED) is 0.437. The molecule has 0 aliphatic heterocycles. The summed E-state index contributed by atoms with van der Waals surface area (Å²) < 4.78 is 5.60. The summed E-state index contributed by atoms with van der Waals surface area (Å²) in [5.41, 5.74) is 9.99. The summed E-state index contributed by atoms with van der Waals surface area (Å²) in [6.45, 7) is 0.501. The Bertz CT molecular complexity index is 533. The van der Waals surface area contributed by atoms with Crippen LogP contribution in [0.2, 0.25) is 0 Å². The van der Waals surface area contributed by atoms with E-state index in [0.29, 0.717) is 18.0 Å². The Kier molecular flexibility index (Phi) is 3.63.